The standard InChI is InChI=1S/C47H55N5O8S/c1-32(53)52-38(31-37(49-52)35-29-43(56-4)46(58-6)44(30-35)57-5)33-15-17-39(54-2)41(27-33)59-25-11-9-19-50-21-23-51(24-22-50)20-10-12-26-60-42-28-34(16-18-40(42)55-3)47-48-36-13-7-8-14-45(36)61-47/h7-8,13-18,27-31H,9-12,19-26H2,1-6H3. The number of piperazine rings is 1. The van der Waals surface area contributed by atoms with Crippen LogP contribution in [0, 0.1) is 0 Å². The summed E-state index contributed by atoms with van der Waals surface area (Å²) >= 11 is 1.69. The van der Waals surface area contributed by atoms with E-state index in [0.29, 0.717) is 58.9 Å². The van der Waals surface area contributed by atoms with Crippen LogP contribution >= 0.6 is 11.3 Å². The minimum Gasteiger partial charge on any atom is -0.493 e. The number of nitrogens with zero attached hydrogens (tertiary/aromatic N) is 5. The average Bonchev–Trinajstić information content (AvgIpc) is 3.95. The summed E-state index contributed by atoms with van der Waals surface area (Å²) in [4.78, 5) is 22.7. The van der Waals surface area contributed by atoms with E-state index in [1.165, 1.54) is 16.3 Å². The zero-order valence-corrected chi connectivity index (χ0v) is 36.7. The highest BCUT2D eigenvalue weighted by atomic mass is 32.1. The number of unbranched alkanes of at least 4 members (excludes halogenated alkanes) is 2. The number of hydrogen-bond acceptors (Lipinski definition) is 13. The van der Waals surface area contributed by atoms with Crippen LogP contribution in [0.15, 0.2) is 78.9 Å². The number of methoxy groups -OCH3 is 5. The Morgan fingerprint density at radius 3 is 1.69 bits per heavy atom. The number of carbonyl (C=O) groups excluding carboxylic acids is 1. The molecular weight excluding hydrogens is 795 g/mol. The van der Waals surface area contributed by atoms with Gasteiger partial charge in [0.25, 0.3) is 0 Å². The average molecular weight is 850 g/mol. The van der Waals surface area contributed by atoms with Crippen molar-refractivity contribution in [3.05, 3.63) is 78.9 Å². The summed E-state index contributed by atoms with van der Waals surface area (Å²) in [5.41, 5.74) is 4.74. The SMILES string of the molecule is COc1ccc(-c2nc3ccccc3s2)cc1OCCCCN1CCN(CCCCOc2cc(-c3cc(-c4cc(OC)c(OC)c(OC)c4)nn3C(C)=O)ccc2OC)CC1. The van der Waals surface area contributed by atoms with E-state index in [-0.39, 0.29) is 5.91 Å². The van der Waals surface area contributed by atoms with Gasteiger partial charge in [-0.25, -0.2) is 4.98 Å². The zero-order chi connectivity index (χ0) is 42.7. The Morgan fingerprint density at radius 1 is 0.607 bits per heavy atom. The molecule has 1 saturated heterocycles. The number of fused-ring (bicyclic) bond motifs is 1. The highest BCUT2D eigenvalue weighted by Gasteiger charge is 2.21. The lowest BCUT2D eigenvalue weighted by Gasteiger charge is -2.34. The molecule has 0 amide bonds. The van der Waals surface area contributed by atoms with Crippen molar-refractivity contribution < 1.29 is 38.0 Å². The minimum atomic E-state index is -0.223. The van der Waals surface area contributed by atoms with Crippen molar-refractivity contribution in [3.8, 4) is 73.3 Å². The quantitative estimate of drug-likeness (QED) is 0.0683. The molecule has 6 aromatic rings. The van der Waals surface area contributed by atoms with Crippen molar-refractivity contribution in [3.63, 3.8) is 0 Å². The molecular formula is C47H55N5O8S. The second-order valence-corrected chi connectivity index (χ2v) is 15.8. The Hall–Kier alpha value is -5.83. The van der Waals surface area contributed by atoms with Crippen molar-refractivity contribution in [1.29, 1.82) is 0 Å². The van der Waals surface area contributed by atoms with E-state index < -0.39 is 0 Å². The highest BCUT2D eigenvalue weighted by Crippen LogP contribution is 2.42. The second-order valence-electron chi connectivity index (χ2n) is 14.8. The lowest BCUT2D eigenvalue weighted by Crippen LogP contribution is -2.46. The van der Waals surface area contributed by atoms with Crippen LogP contribution in [-0.4, -0.2) is 119 Å². The van der Waals surface area contributed by atoms with Gasteiger partial charge in [0.1, 0.15) is 5.01 Å². The van der Waals surface area contributed by atoms with Crippen molar-refractivity contribution >= 4 is 27.5 Å². The lowest BCUT2D eigenvalue weighted by molar-refractivity contribution is 0.0923. The van der Waals surface area contributed by atoms with E-state index in [1.54, 1.807) is 46.9 Å². The number of rotatable bonds is 20. The summed E-state index contributed by atoms with van der Waals surface area (Å²) in [6.07, 6.45) is 3.98. The first-order valence-electron chi connectivity index (χ1n) is 20.7. The van der Waals surface area contributed by atoms with Crippen LogP contribution in [0.25, 0.3) is 43.3 Å². The maximum absolute atomic E-state index is 12.8. The number of benzene rings is 4. The number of carbonyl (C=O) groups is 1. The Bertz CT molecular complexity index is 2350. The summed E-state index contributed by atoms with van der Waals surface area (Å²) in [5, 5.41) is 5.63. The van der Waals surface area contributed by atoms with Gasteiger partial charge >= 0.3 is 0 Å². The normalized spacial score (nSPS) is 13.3. The molecule has 0 spiro atoms. The van der Waals surface area contributed by atoms with Crippen LogP contribution in [0.5, 0.6) is 40.2 Å². The fourth-order valence-electron chi connectivity index (χ4n) is 7.54. The van der Waals surface area contributed by atoms with E-state index in [9.17, 15) is 4.79 Å². The van der Waals surface area contributed by atoms with Gasteiger partial charge in [0, 0.05) is 49.8 Å². The molecule has 0 atom stereocenters. The molecule has 3 heterocycles. The largest absolute Gasteiger partial charge is 0.493 e. The number of ether oxygens (including phenoxy) is 7. The van der Waals surface area contributed by atoms with Gasteiger partial charge in [0.15, 0.2) is 34.5 Å². The highest BCUT2D eigenvalue weighted by molar-refractivity contribution is 7.21. The number of para-hydroxylation sites is 1. The van der Waals surface area contributed by atoms with Crippen molar-refractivity contribution in [2.45, 2.75) is 32.6 Å². The third-order valence-electron chi connectivity index (χ3n) is 10.8. The van der Waals surface area contributed by atoms with Gasteiger partial charge in [-0.1, -0.05) is 12.1 Å². The molecule has 1 aliphatic heterocycles. The van der Waals surface area contributed by atoms with Gasteiger partial charge < -0.3 is 43.0 Å². The third kappa shape index (κ3) is 10.4. The zero-order valence-electron chi connectivity index (χ0n) is 35.9. The molecule has 0 radical (unpaired) electrons. The van der Waals surface area contributed by atoms with Crippen LogP contribution in [0.4, 0.5) is 0 Å². The first kappa shape index (κ1) is 43.3. The van der Waals surface area contributed by atoms with Crippen molar-refractivity contribution in [1.82, 2.24) is 24.6 Å². The van der Waals surface area contributed by atoms with Crippen LogP contribution in [-0.2, 0) is 0 Å². The van der Waals surface area contributed by atoms with Crippen LogP contribution in [0.3, 0.4) is 0 Å². The molecule has 0 unspecified atom stereocenters. The Kier molecular flexibility index (Phi) is 14.6. The van der Waals surface area contributed by atoms with Crippen molar-refractivity contribution in [2.75, 3.05) is 88.0 Å². The predicted molar refractivity (Wildman–Crippen MR) is 240 cm³/mol. The molecule has 4 aromatic carbocycles. The minimum absolute atomic E-state index is 0.223. The molecule has 13 nitrogen and oxygen atoms in total. The fourth-order valence-corrected chi connectivity index (χ4v) is 8.50. The molecule has 2 aromatic heterocycles. The van der Waals surface area contributed by atoms with E-state index in [4.69, 9.17) is 38.1 Å². The first-order valence-corrected chi connectivity index (χ1v) is 21.5. The summed E-state index contributed by atoms with van der Waals surface area (Å²) in [6.45, 7) is 9.01. The molecule has 14 heteroatoms. The molecule has 0 N–H and O–H groups in total. The summed E-state index contributed by atoms with van der Waals surface area (Å²) in [6, 6.07) is 25.4. The molecule has 7 rings (SSSR count). The Labute approximate surface area is 361 Å². The van der Waals surface area contributed by atoms with Crippen LogP contribution < -0.4 is 33.2 Å². The van der Waals surface area contributed by atoms with Crippen LogP contribution in [0.1, 0.15) is 37.4 Å². The molecule has 1 fully saturated rings. The predicted octanol–water partition coefficient (Wildman–Crippen LogP) is 8.83. The smallest absolute Gasteiger partial charge is 0.244 e. The van der Waals surface area contributed by atoms with Gasteiger partial charge in [-0.05, 0) is 106 Å². The number of thiazole rings is 1. The maximum atomic E-state index is 12.8. The first-order chi connectivity index (χ1) is 29.8. The van der Waals surface area contributed by atoms with Gasteiger partial charge in [0.2, 0.25) is 11.7 Å². The monoisotopic (exact) mass is 849 g/mol. The van der Waals surface area contributed by atoms with Crippen LogP contribution in [0.2, 0.25) is 0 Å². The summed E-state index contributed by atoms with van der Waals surface area (Å²) in [5.74, 6) is 3.97. The Morgan fingerprint density at radius 2 is 1.15 bits per heavy atom. The molecule has 322 valence electrons. The molecule has 1 aliphatic rings. The van der Waals surface area contributed by atoms with E-state index in [1.807, 2.05) is 72.8 Å². The molecule has 0 aliphatic carbocycles. The van der Waals surface area contributed by atoms with Crippen molar-refractivity contribution in [2.24, 2.45) is 0 Å². The summed E-state index contributed by atoms with van der Waals surface area (Å²) < 4.78 is 42.9. The van der Waals surface area contributed by atoms with Gasteiger partial charge in [0.05, 0.1) is 70.4 Å². The second kappa shape index (κ2) is 20.6. The molecule has 0 bridgehead atoms. The van der Waals surface area contributed by atoms with Gasteiger partial charge in [-0.2, -0.15) is 9.78 Å². The maximum Gasteiger partial charge on any atom is 0.244 e. The molecule has 0 saturated carbocycles. The Balaban J connectivity index is 0.846. The van der Waals surface area contributed by atoms with E-state index in [0.717, 1.165) is 98.1 Å². The molecule has 61 heavy (non-hydrogen) atoms. The fraction of sp³-hybridized carbons (Fsp3) is 0.383. The van der Waals surface area contributed by atoms with Gasteiger partial charge in [-0.15, -0.1) is 11.3 Å². The number of aromatic nitrogens is 3. The van der Waals surface area contributed by atoms with E-state index >= 15 is 0 Å². The summed E-state index contributed by atoms with van der Waals surface area (Å²) in [7, 11) is 7.99. The number of hydrogen-bond donors (Lipinski definition) is 0. The van der Waals surface area contributed by atoms with Gasteiger partial charge in [-0.3, -0.25) is 4.79 Å². The van der Waals surface area contributed by atoms with E-state index in [2.05, 4.69) is 21.0 Å². The topological polar surface area (TPSA) is 119 Å². The lowest BCUT2D eigenvalue weighted by atomic mass is 10.1. The third-order valence-corrected chi connectivity index (χ3v) is 11.9.